The summed E-state index contributed by atoms with van der Waals surface area (Å²) in [4.78, 5) is 15.6. The van der Waals surface area contributed by atoms with Crippen LogP contribution in [0, 0.1) is 6.92 Å². The van der Waals surface area contributed by atoms with Crippen molar-refractivity contribution in [1.82, 2.24) is 19.8 Å². The van der Waals surface area contributed by atoms with Gasteiger partial charge >= 0.3 is 0 Å². The van der Waals surface area contributed by atoms with Crippen LogP contribution < -0.4 is 4.90 Å². The van der Waals surface area contributed by atoms with Gasteiger partial charge in [-0.2, -0.15) is 9.61 Å². The summed E-state index contributed by atoms with van der Waals surface area (Å²) in [5, 5.41) is 13.5. The minimum Gasteiger partial charge on any atom is -0.308 e. The van der Waals surface area contributed by atoms with Crippen LogP contribution in [0.3, 0.4) is 0 Å². The maximum atomic E-state index is 13.0. The van der Waals surface area contributed by atoms with Crippen molar-refractivity contribution in [3.8, 4) is 0 Å². The van der Waals surface area contributed by atoms with Crippen LogP contribution in [-0.4, -0.2) is 25.7 Å². The van der Waals surface area contributed by atoms with Crippen molar-refractivity contribution in [1.29, 1.82) is 0 Å². The van der Waals surface area contributed by atoms with Crippen molar-refractivity contribution < 1.29 is 4.79 Å². The summed E-state index contributed by atoms with van der Waals surface area (Å²) in [6.45, 7) is 2.42. The molecule has 2 aromatic heterocycles. The minimum atomic E-state index is 0.0766. The zero-order valence-electron chi connectivity index (χ0n) is 14.9. The van der Waals surface area contributed by atoms with Gasteiger partial charge in [0.15, 0.2) is 5.82 Å². The molecule has 0 saturated heterocycles. The van der Waals surface area contributed by atoms with E-state index < -0.39 is 0 Å². The fourth-order valence-corrected chi connectivity index (χ4v) is 3.78. The molecule has 2 aromatic carbocycles. The first-order valence-corrected chi connectivity index (χ1v) is 9.59. The topological polar surface area (TPSA) is 63.4 Å². The Morgan fingerprint density at radius 3 is 2.44 bits per heavy atom. The Morgan fingerprint density at radius 1 is 1.04 bits per heavy atom. The average Bonchev–Trinajstić information content (AvgIpc) is 3.27. The Balaban J connectivity index is 1.51. The van der Waals surface area contributed by atoms with Gasteiger partial charge in [-0.1, -0.05) is 59.9 Å². The first-order valence-electron chi connectivity index (χ1n) is 8.78. The number of anilines is 1. The van der Waals surface area contributed by atoms with E-state index in [0.29, 0.717) is 19.4 Å². The van der Waals surface area contributed by atoms with Crippen LogP contribution in [0.1, 0.15) is 22.8 Å². The molecule has 6 nitrogen and oxygen atoms in total. The second-order valence-corrected chi connectivity index (χ2v) is 7.28. The molecule has 4 rings (SSSR count). The predicted octanol–water partition coefficient (Wildman–Crippen LogP) is 3.66. The summed E-state index contributed by atoms with van der Waals surface area (Å²) < 4.78 is 1.73. The van der Waals surface area contributed by atoms with E-state index >= 15 is 0 Å². The lowest BCUT2D eigenvalue weighted by molar-refractivity contribution is -0.118. The van der Waals surface area contributed by atoms with Crippen LogP contribution >= 0.6 is 11.3 Å². The summed E-state index contributed by atoms with van der Waals surface area (Å²) >= 11 is 1.48. The van der Waals surface area contributed by atoms with Gasteiger partial charge in [0, 0.05) is 18.5 Å². The zero-order chi connectivity index (χ0) is 18.6. The largest absolute Gasteiger partial charge is 0.308 e. The lowest BCUT2D eigenvalue weighted by Crippen LogP contribution is -2.30. The zero-order valence-corrected chi connectivity index (χ0v) is 15.8. The molecule has 0 saturated carbocycles. The highest BCUT2D eigenvalue weighted by atomic mass is 32.1. The molecule has 4 aromatic rings. The number of para-hydroxylation sites is 1. The predicted molar refractivity (Wildman–Crippen MR) is 106 cm³/mol. The van der Waals surface area contributed by atoms with Gasteiger partial charge in [-0.25, -0.2) is 0 Å². The molecule has 27 heavy (non-hydrogen) atoms. The number of hydrogen-bond acceptors (Lipinski definition) is 5. The number of rotatable bonds is 6. The van der Waals surface area contributed by atoms with Gasteiger partial charge in [0.1, 0.15) is 5.01 Å². The Kier molecular flexibility index (Phi) is 4.93. The van der Waals surface area contributed by atoms with E-state index in [1.54, 1.807) is 4.52 Å². The summed E-state index contributed by atoms with van der Waals surface area (Å²) in [7, 11) is 0. The highest BCUT2D eigenvalue weighted by Gasteiger charge is 2.17. The van der Waals surface area contributed by atoms with Crippen molar-refractivity contribution in [2.24, 2.45) is 0 Å². The molecule has 0 bridgehead atoms. The fourth-order valence-electron chi connectivity index (χ4n) is 2.90. The number of carbonyl (C=O) groups is 1. The third kappa shape index (κ3) is 3.88. The maximum Gasteiger partial charge on any atom is 0.234 e. The first kappa shape index (κ1) is 17.4. The summed E-state index contributed by atoms with van der Waals surface area (Å²) in [6, 6.07) is 19.8. The van der Waals surface area contributed by atoms with E-state index in [9.17, 15) is 4.79 Å². The average molecular weight is 377 g/mol. The summed E-state index contributed by atoms with van der Waals surface area (Å²) in [5.41, 5.74) is 2.00. The van der Waals surface area contributed by atoms with Crippen LogP contribution in [0.4, 0.5) is 5.69 Å². The fraction of sp³-hybridized carbons (Fsp3) is 0.200. The monoisotopic (exact) mass is 377 g/mol. The Hall–Kier alpha value is -3.06. The van der Waals surface area contributed by atoms with Crippen LogP contribution in [0.2, 0.25) is 0 Å². The number of benzene rings is 2. The maximum absolute atomic E-state index is 13.0. The molecular formula is C20H19N5OS. The van der Waals surface area contributed by atoms with Gasteiger partial charge in [0.25, 0.3) is 0 Å². The second kappa shape index (κ2) is 7.67. The molecule has 0 aliphatic rings. The van der Waals surface area contributed by atoms with E-state index in [4.69, 9.17) is 0 Å². The Labute approximate surface area is 161 Å². The molecule has 2 heterocycles. The highest BCUT2D eigenvalue weighted by Crippen LogP contribution is 2.20. The highest BCUT2D eigenvalue weighted by molar-refractivity contribution is 7.16. The molecule has 1 amide bonds. The van der Waals surface area contributed by atoms with Crippen LogP contribution in [0.15, 0.2) is 60.7 Å². The van der Waals surface area contributed by atoms with Crippen LogP contribution in [0.5, 0.6) is 0 Å². The van der Waals surface area contributed by atoms with Gasteiger partial charge in [-0.15, -0.1) is 10.2 Å². The molecule has 0 aliphatic carbocycles. The van der Waals surface area contributed by atoms with Crippen molar-refractivity contribution in [3.05, 3.63) is 77.1 Å². The Bertz CT molecular complexity index is 1040. The van der Waals surface area contributed by atoms with E-state index in [1.807, 2.05) is 72.5 Å². The molecule has 0 fully saturated rings. The Morgan fingerprint density at radius 2 is 1.74 bits per heavy atom. The molecule has 136 valence electrons. The van der Waals surface area contributed by atoms with Crippen molar-refractivity contribution in [2.75, 3.05) is 4.90 Å². The van der Waals surface area contributed by atoms with Gasteiger partial charge < -0.3 is 4.90 Å². The molecular weight excluding hydrogens is 358 g/mol. The lowest BCUT2D eigenvalue weighted by Gasteiger charge is -2.23. The van der Waals surface area contributed by atoms with Gasteiger partial charge in [0.05, 0.1) is 6.54 Å². The molecule has 0 unspecified atom stereocenters. The number of aromatic nitrogens is 4. The summed E-state index contributed by atoms with van der Waals surface area (Å²) in [5.74, 6) is 0.835. The van der Waals surface area contributed by atoms with Crippen molar-refractivity contribution >= 4 is 27.9 Å². The van der Waals surface area contributed by atoms with E-state index in [0.717, 1.165) is 27.0 Å². The van der Waals surface area contributed by atoms with Crippen molar-refractivity contribution in [2.45, 2.75) is 26.3 Å². The smallest absolute Gasteiger partial charge is 0.234 e. The lowest BCUT2D eigenvalue weighted by atomic mass is 10.1. The second-order valence-electron chi connectivity index (χ2n) is 6.24. The molecule has 0 atom stereocenters. The van der Waals surface area contributed by atoms with Gasteiger partial charge in [-0.05, 0) is 24.6 Å². The quantitative estimate of drug-likeness (QED) is 0.514. The van der Waals surface area contributed by atoms with Gasteiger partial charge in [0.2, 0.25) is 10.9 Å². The molecule has 0 aliphatic heterocycles. The van der Waals surface area contributed by atoms with Crippen LogP contribution in [0.25, 0.3) is 4.96 Å². The molecule has 0 spiro atoms. The van der Waals surface area contributed by atoms with Crippen molar-refractivity contribution in [3.63, 3.8) is 0 Å². The number of fused-ring (bicyclic) bond motifs is 1. The van der Waals surface area contributed by atoms with E-state index in [1.165, 1.54) is 11.3 Å². The SMILES string of the molecule is Cc1nnc2sc(CCC(=O)N(Cc3ccccc3)c3ccccc3)nn12. The molecule has 7 heteroatoms. The number of nitrogens with zero attached hydrogens (tertiary/aromatic N) is 5. The number of carbonyl (C=O) groups excluding carboxylic acids is 1. The number of hydrogen-bond donors (Lipinski definition) is 0. The minimum absolute atomic E-state index is 0.0766. The summed E-state index contributed by atoms with van der Waals surface area (Å²) in [6.07, 6.45) is 0.981. The number of amides is 1. The third-order valence-electron chi connectivity index (χ3n) is 4.29. The standard InChI is InChI=1S/C20H19N5OS/c1-15-21-22-20-25(15)23-18(27-20)12-13-19(26)24(17-10-6-3-7-11-17)14-16-8-4-2-5-9-16/h2-11H,12-14H2,1H3. The molecule has 0 N–H and O–H groups in total. The van der Waals surface area contributed by atoms with E-state index in [-0.39, 0.29) is 5.91 Å². The van der Waals surface area contributed by atoms with E-state index in [2.05, 4.69) is 15.3 Å². The van der Waals surface area contributed by atoms with Gasteiger partial charge in [-0.3, -0.25) is 4.79 Å². The third-order valence-corrected chi connectivity index (χ3v) is 5.25. The first-order chi connectivity index (χ1) is 13.2. The normalized spacial score (nSPS) is 11.0. The van der Waals surface area contributed by atoms with Crippen LogP contribution in [-0.2, 0) is 17.8 Å². The number of aryl methyl sites for hydroxylation is 2. The molecule has 0 radical (unpaired) electrons.